The number of hydrogen-bond donors (Lipinski definition) is 2. The molecule has 1 rings (SSSR count). The third-order valence-electron chi connectivity index (χ3n) is 1.91. The van der Waals surface area contributed by atoms with Crippen LogP contribution in [-0.4, -0.2) is 25.4 Å². The van der Waals surface area contributed by atoms with Crippen molar-refractivity contribution in [2.75, 3.05) is 19.3 Å². The fraction of sp³-hybridized carbons (Fsp3) is 1.00. The Kier molecular flexibility index (Phi) is 4.18. The quantitative estimate of drug-likeness (QED) is 0.463. The Bertz CT molecular complexity index is 83.7. The number of rotatable bonds is 5. The summed E-state index contributed by atoms with van der Waals surface area (Å²) in [6.07, 6.45) is 6.26. The Balaban J connectivity index is 1.76. The highest BCUT2D eigenvalue weighted by molar-refractivity contribution is 7.96. The van der Waals surface area contributed by atoms with Crippen LogP contribution in [0.4, 0.5) is 0 Å². The highest BCUT2D eigenvalue weighted by Gasteiger charge is 2.15. The molecule has 2 nitrogen and oxygen atoms in total. The molecule has 0 heterocycles. The molecule has 0 spiro atoms. The molecule has 0 aromatic carbocycles. The van der Waals surface area contributed by atoms with Gasteiger partial charge in [-0.1, -0.05) is 18.4 Å². The minimum Gasteiger partial charge on any atom is -0.313 e. The zero-order valence-electron chi connectivity index (χ0n) is 6.52. The molecule has 0 amide bonds. The molecule has 10 heavy (non-hydrogen) atoms. The van der Waals surface area contributed by atoms with Gasteiger partial charge in [0.15, 0.2) is 0 Å². The highest BCUT2D eigenvalue weighted by atomic mass is 32.2. The largest absolute Gasteiger partial charge is 0.313 e. The van der Waals surface area contributed by atoms with E-state index in [4.69, 9.17) is 0 Å². The lowest BCUT2D eigenvalue weighted by Gasteiger charge is -2.26. The smallest absolute Gasteiger partial charge is 0.0184 e. The number of nitrogens with one attached hydrogen (secondary N) is 2. The normalized spacial score (nSPS) is 18.9. The monoisotopic (exact) mass is 160 g/mol. The van der Waals surface area contributed by atoms with Crippen molar-refractivity contribution in [3.63, 3.8) is 0 Å². The molecule has 60 valence electrons. The lowest BCUT2D eigenvalue weighted by Crippen LogP contribution is -2.38. The van der Waals surface area contributed by atoms with Crippen LogP contribution in [0.1, 0.15) is 19.3 Å². The molecular formula is C7H16N2S. The first kappa shape index (κ1) is 8.37. The van der Waals surface area contributed by atoms with Gasteiger partial charge in [-0.15, -0.1) is 0 Å². The maximum atomic E-state index is 3.48. The van der Waals surface area contributed by atoms with Gasteiger partial charge in [0, 0.05) is 19.1 Å². The zero-order chi connectivity index (χ0) is 7.23. The van der Waals surface area contributed by atoms with E-state index in [-0.39, 0.29) is 0 Å². The highest BCUT2D eigenvalue weighted by Crippen LogP contribution is 2.17. The van der Waals surface area contributed by atoms with Gasteiger partial charge >= 0.3 is 0 Å². The summed E-state index contributed by atoms with van der Waals surface area (Å²) in [4.78, 5) is 0. The summed E-state index contributed by atoms with van der Waals surface area (Å²) in [6.45, 7) is 2.20. The molecule has 1 aliphatic rings. The first-order chi connectivity index (χ1) is 4.93. The molecule has 0 unspecified atom stereocenters. The second-order valence-corrected chi connectivity index (χ2v) is 3.38. The van der Waals surface area contributed by atoms with E-state index in [9.17, 15) is 0 Å². The van der Waals surface area contributed by atoms with Gasteiger partial charge in [-0.05, 0) is 19.1 Å². The fourth-order valence-corrected chi connectivity index (χ4v) is 1.35. The summed E-state index contributed by atoms with van der Waals surface area (Å²) in [6, 6.07) is 0.837. The maximum Gasteiger partial charge on any atom is 0.0184 e. The van der Waals surface area contributed by atoms with Crippen LogP contribution in [0, 0.1) is 0 Å². The molecule has 0 aromatic heterocycles. The Morgan fingerprint density at radius 1 is 1.40 bits per heavy atom. The van der Waals surface area contributed by atoms with E-state index >= 15 is 0 Å². The molecule has 0 aliphatic heterocycles. The average molecular weight is 160 g/mol. The van der Waals surface area contributed by atoms with Gasteiger partial charge in [0.2, 0.25) is 0 Å². The molecule has 0 saturated heterocycles. The van der Waals surface area contributed by atoms with Crippen molar-refractivity contribution in [3.8, 4) is 0 Å². The summed E-state index contributed by atoms with van der Waals surface area (Å²) in [5, 5.41) is 3.48. The predicted octanol–water partition coefficient (Wildman–Crippen LogP) is 0.996. The molecule has 3 heteroatoms. The Labute approximate surface area is 67.3 Å². The van der Waals surface area contributed by atoms with E-state index in [0.29, 0.717) is 0 Å². The van der Waals surface area contributed by atoms with Gasteiger partial charge in [0.1, 0.15) is 0 Å². The predicted molar refractivity (Wildman–Crippen MR) is 47.2 cm³/mol. The second kappa shape index (κ2) is 4.99. The van der Waals surface area contributed by atoms with Gasteiger partial charge in [0.05, 0.1) is 0 Å². The van der Waals surface area contributed by atoms with Crippen molar-refractivity contribution >= 4 is 11.9 Å². The van der Waals surface area contributed by atoms with E-state index in [1.165, 1.54) is 19.3 Å². The summed E-state index contributed by atoms with van der Waals surface area (Å²) in [5.41, 5.74) is 0. The Morgan fingerprint density at radius 2 is 2.20 bits per heavy atom. The topological polar surface area (TPSA) is 24.1 Å². The SMILES string of the molecule is CSNCCNC1CCC1. The van der Waals surface area contributed by atoms with Crippen LogP contribution in [-0.2, 0) is 0 Å². The van der Waals surface area contributed by atoms with Crippen LogP contribution in [0.25, 0.3) is 0 Å². The fourth-order valence-electron chi connectivity index (χ4n) is 1.04. The van der Waals surface area contributed by atoms with Crippen molar-refractivity contribution in [1.29, 1.82) is 0 Å². The first-order valence-electron chi connectivity index (χ1n) is 3.92. The van der Waals surface area contributed by atoms with Crippen LogP contribution in [0.5, 0.6) is 0 Å². The van der Waals surface area contributed by atoms with Crippen LogP contribution >= 0.6 is 11.9 Å². The van der Waals surface area contributed by atoms with Gasteiger partial charge < -0.3 is 5.32 Å². The van der Waals surface area contributed by atoms with E-state index in [1.54, 1.807) is 11.9 Å². The average Bonchev–Trinajstić information content (AvgIpc) is 1.84. The van der Waals surface area contributed by atoms with Crippen molar-refractivity contribution in [2.45, 2.75) is 25.3 Å². The maximum absolute atomic E-state index is 3.48. The molecule has 0 atom stereocenters. The first-order valence-corrected chi connectivity index (χ1v) is 5.15. The van der Waals surface area contributed by atoms with Crippen LogP contribution in [0.15, 0.2) is 0 Å². The second-order valence-electron chi connectivity index (χ2n) is 2.68. The van der Waals surface area contributed by atoms with E-state index < -0.39 is 0 Å². The summed E-state index contributed by atoms with van der Waals surface area (Å²) in [5.74, 6) is 0. The lowest BCUT2D eigenvalue weighted by molar-refractivity contribution is 0.342. The molecule has 1 fully saturated rings. The Hall–Kier alpha value is 0.270. The zero-order valence-corrected chi connectivity index (χ0v) is 7.34. The van der Waals surface area contributed by atoms with Crippen LogP contribution in [0.2, 0.25) is 0 Å². The van der Waals surface area contributed by atoms with Gasteiger partial charge in [-0.3, -0.25) is 4.72 Å². The third kappa shape index (κ3) is 2.90. The molecule has 0 aromatic rings. The van der Waals surface area contributed by atoms with Crippen molar-refractivity contribution in [3.05, 3.63) is 0 Å². The minimum atomic E-state index is 0.837. The molecule has 0 bridgehead atoms. The summed E-state index contributed by atoms with van der Waals surface area (Å²) in [7, 11) is 0. The molecule has 1 saturated carbocycles. The number of hydrogen-bond acceptors (Lipinski definition) is 3. The molecule has 1 aliphatic carbocycles. The Morgan fingerprint density at radius 3 is 2.70 bits per heavy atom. The van der Waals surface area contributed by atoms with E-state index in [2.05, 4.69) is 16.3 Å². The standard InChI is InChI=1S/C7H16N2S/c1-10-9-6-5-8-7-3-2-4-7/h7-9H,2-6H2,1H3. The van der Waals surface area contributed by atoms with E-state index in [0.717, 1.165) is 19.1 Å². The molecule has 0 radical (unpaired) electrons. The van der Waals surface area contributed by atoms with Crippen molar-refractivity contribution in [2.24, 2.45) is 0 Å². The summed E-state index contributed by atoms with van der Waals surface area (Å²) >= 11 is 1.69. The molecular weight excluding hydrogens is 144 g/mol. The lowest BCUT2D eigenvalue weighted by atomic mass is 9.93. The summed E-state index contributed by atoms with van der Waals surface area (Å²) < 4.78 is 3.21. The minimum absolute atomic E-state index is 0.837. The van der Waals surface area contributed by atoms with Gasteiger partial charge in [-0.2, -0.15) is 0 Å². The van der Waals surface area contributed by atoms with Crippen molar-refractivity contribution in [1.82, 2.24) is 10.0 Å². The van der Waals surface area contributed by atoms with Gasteiger partial charge in [0.25, 0.3) is 0 Å². The van der Waals surface area contributed by atoms with Gasteiger partial charge in [-0.25, -0.2) is 0 Å². The molecule has 2 N–H and O–H groups in total. The van der Waals surface area contributed by atoms with Crippen LogP contribution < -0.4 is 10.0 Å². The van der Waals surface area contributed by atoms with Crippen LogP contribution in [0.3, 0.4) is 0 Å². The van der Waals surface area contributed by atoms with E-state index in [1.807, 2.05) is 0 Å². The van der Waals surface area contributed by atoms with Crippen molar-refractivity contribution < 1.29 is 0 Å². The third-order valence-corrected chi connectivity index (χ3v) is 2.40.